The first-order valence-electron chi connectivity index (χ1n) is 11.6. The highest BCUT2D eigenvalue weighted by Crippen LogP contribution is 2.29. The van der Waals surface area contributed by atoms with Gasteiger partial charge in [0.1, 0.15) is 12.4 Å². The Morgan fingerprint density at radius 1 is 1.26 bits per heavy atom. The Kier molecular flexibility index (Phi) is 7.41. The van der Waals surface area contributed by atoms with Crippen LogP contribution in [0.4, 0.5) is 10.2 Å². The van der Waals surface area contributed by atoms with E-state index in [1.807, 2.05) is 25.1 Å². The normalized spacial score (nSPS) is 19.5. The molecule has 2 aromatic rings. The van der Waals surface area contributed by atoms with Crippen LogP contribution in [0.2, 0.25) is 0 Å². The molecule has 2 aliphatic heterocycles. The van der Waals surface area contributed by atoms with Gasteiger partial charge in [-0.2, -0.15) is 0 Å². The van der Waals surface area contributed by atoms with Crippen molar-refractivity contribution in [2.24, 2.45) is 0 Å². The zero-order chi connectivity index (χ0) is 21.6. The Morgan fingerprint density at radius 3 is 3.06 bits per heavy atom. The van der Waals surface area contributed by atoms with Gasteiger partial charge in [-0.1, -0.05) is 18.6 Å². The van der Waals surface area contributed by atoms with Crippen LogP contribution in [-0.4, -0.2) is 48.8 Å². The van der Waals surface area contributed by atoms with Crippen molar-refractivity contribution in [3.63, 3.8) is 0 Å². The van der Waals surface area contributed by atoms with E-state index in [0.29, 0.717) is 6.61 Å². The van der Waals surface area contributed by atoms with Crippen LogP contribution in [0, 0.1) is 12.7 Å². The Hall–Kier alpha value is -2.18. The van der Waals surface area contributed by atoms with E-state index in [-0.39, 0.29) is 18.0 Å². The van der Waals surface area contributed by atoms with Gasteiger partial charge >= 0.3 is 0 Å². The molecule has 6 heteroatoms. The molecule has 0 amide bonds. The average molecular weight is 428 g/mol. The predicted octanol–water partition coefficient (Wildman–Crippen LogP) is 4.90. The summed E-state index contributed by atoms with van der Waals surface area (Å²) in [5.41, 5.74) is 2.96. The lowest BCUT2D eigenvalue weighted by atomic mass is 10.0. The lowest BCUT2D eigenvalue weighted by molar-refractivity contribution is 0.0532. The molecule has 5 nitrogen and oxygen atoms in total. The topological polar surface area (TPSA) is 46.6 Å². The summed E-state index contributed by atoms with van der Waals surface area (Å²) >= 11 is 0. The number of hydrogen-bond donors (Lipinski definition) is 1. The van der Waals surface area contributed by atoms with Crippen molar-refractivity contribution in [2.75, 3.05) is 38.2 Å². The Morgan fingerprint density at radius 2 is 2.16 bits per heavy atom. The fourth-order valence-corrected chi connectivity index (χ4v) is 4.55. The van der Waals surface area contributed by atoms with E-state index in [2.05, 4.69) is 28.2 Å². The van der Waals surface area contributed by atoms with Crippen LogP contribution in [-0.2, 0) is 11.2 Å². The lowest BCUT2D eigenvalue weighted by Crippen LogP contribution is -2.27. The van der Waals surface area contributed by atoms with Gasteiger partial charge in [-0.15, -0.1) is 0 Å². The summed E-state index contributed by atoms with van der Waals surface area (Å²) < 4.78 is 25.6. The maximum Gasteiger partial charge on any atom is 0.169 e. The third-order valence-corrected chi connectivity index (χ3v) is 6.48. The molecule has 2 aliphatic rings. The van der Waals surface area contributed by atoms with Crippen molar-refractivity contribution >= 4 is 5.82 Å². The summed E-state index contributed by atoms with van der Waals surface area (Å²) in [6.07, 6.45) is 5.63. The molecular formula is C25H34FN3O2. The van der Waals surface area contributed by atoms with Crippen molar-refractivity contribution < 1.29 is 13.9 Å². The smallest absolute Gasteiger partial charge is 0.169 e. The fourth-order valence-electron chi connectivity index (χ4n) is 4.55. The molecule has 0 bridgehead atoms. The number of anilines is 1. The molecule has 1 fully saturated rings. The lowest BCUT2D eigenvalue weighted by Gasteiger charge is -2.26. The molecule has 0 aliphatic carbocycles. The van der Waals surface area contributed by atoms with Gasteiger partial charge in [0, 0.05) is 31.4 Å². The molecule has 2 unspecified atom stereocenters. The SMILES string of the molecule is Cc1c(F)cccc1C(C)N1CCC(OCCCCCc2ccc3c(n2)NCCO3)C1. The minimum absolute atomic E-state index is 0.119. The van der Waals surface area contributed by atoms with Gasteiger partial charge in [-0.25, -0.2) is 9.37 Å². The minimum Gasteiger partial charge on any atom is -0.488 e. The number of nitrogens with one attached hydrogen (secondary N) is 1. The second kappa shape index (κ2) is 10.4. The van der Waals surface area contributed by atoms with Gasteiger partial charge < -0.3 is 14.8 Å². The van der Waals surface area contributed by atoms with Gasteiger partial charge in [-0.3, -0.25) is 4.90 Å². The van der Waals surface area contributed by atoms with E-state index >= 15 is 0 Å². The predicted molar refractivity (Wildman–Crippen MR) is 121 cm³/mol. The molecule has 0 spiro atoms. The van der Waals surface area contributed by atoms with Gasteiger partial charge in [-0.05, 0) is 68.9 Å². The summed E-state index contributed by atoms with van der Waals surface area (Å²) in [4.78, 5) is 7.07. The Bertz CT molecular complexity index is 876. The van der Waals surface area contributed by atoms with E-state index < -0.39 is 0 Å². The van der Waals surface area contributed by atoms with Gasteiger partial charge in [0.25, 0.3) is 0 Å². The molecule has 4 rings (SSSR count). The monoisotopic (exact) mass is 427 g/mol. The maximum atomic E-state index is 13.9. The van der Waals surface area contributed by atoms with Crippen LogP contribution < -0.4 is 10.1 Å². The van der Waals surface area contributed by atoms with Crippen molar-refractivity contribution in [1.29, 1.82) is 0 Å². The molecule has 31 heavy (non-hydrogen) atoms. The number of unbranched alkanes of at least 4 members (excludes halogenated alkanes) is 2. The molecule has 0 saturated carbocycles. The van der Waals surface area contributed by atoms with E-state index in [1.165, 1.54) is 6.07 Å². The van der Waals surface area contributed by atoms with Crippen LogP contribution in [0.15, 0.2) is 30.3 Å². The van der Waals surface area contributed by atoms with Crippen LogP contribution in [0.25, 0.3) is 0 Å². The first-order valence-corrected chi connectivity index (χ1v) is 11.6. The second-order valence-electron chi connectivity index (χ2n) is 8.64. The number of aryl methyl sites for hydroxylation is 1. The molecule has 168 valence electrons. The third kappa shape index (κ3) is 5.55. The van der Waals surface area contributed by atoms with Crippen molar-refractivity contribution in [3.05, 3.63) is 53.0 Å². The number of nitrogens with zero attached hydrogens (tertiary/aromatic N) is 2. The first kappa shape index (κ1) is 22.0. The number of ether oxygens (including phenoxy) is 2. The van der Waals surface area contributed by atoms with Crippen LogP contribution in [0.5, 0.6) is 5.75 Å². The number of pyridine rings is 1. The summed E-state index contributed by atoms with van der Waals surface area (Å²) in [6.45, 7) is 8.29. The molecule has 0 radical (unpaired) electrons. The van der Waals surface area contributed by atoms with Crippen molar-refractivity contribution in [1.82, 2.24) is 9.88 Å². The number of hydrogen-bond acceptors (Lipinski definition) is 5. The van der Waals surface area contributed by atoms with Gasteiger partial charge in [0.2, 0.25) is 0 Å². The summed E-state index contributed by atoms with van der Waals surface area (Å²) in [7, 11) is 0. The molecule has 1 aromatic heterocycles. The number of benzene rings is 1. The van der Waals surface area contributed by atoms with E-state index in [9.17, 15) is 4.39 Å². The summed E-state index contributed by atoms with van der Waals surface area (Å²) in [5, 5.41) is 3.29. The Labute approximate surface area is 185 Å². The highest BCUT2D eigenvalue weighted by atomic mass is 19.1. The zero-order valence-electron chi connectivity index (χ0n) is 18.7. The largest absolute Gasteiger partial charge is 0.488 e. The standard InChI is InChI=1S/C25H34FN3O2/c1-18-22(8-6-9-23(18)26)19(2)29-14-12-21(17-29)30-15-5-3-4-7-20-10-11-24-25(28-20)27-13-16-31-24/h6,8-11,19,21H,3-5,7,12-17H2,1-2H3,(H,27,28). The molecule has 2 atom stereocenters. The van der Waals surface area contributed by atoms with Gasteiger partial charge in [0.15, 0.2) is 11.6 Å². The molecule has 1 aromatic carbocycles. The maximum absolute atomic E-state index is 13.9. The number of halogens is 1. The van der Waals surface area contributed by atoms with E-state index in [4.69, 9.17) is 9.47 Å². The second-order valence-corrected chi connectivity index (χ2v) is 8.64. The van der Waals surface area contributed by atoms with E-state index in [0.717, 1.165) is 86.7 Å². The van der Waals surface area contributed by atoms with Crippen LogP contribution in [0.3, 0.4) is 0 Å². The average Bonchev–Trinajstić information content (AvgIpc) is 3.26. The number of likely N-dealkylation sites (tertiary alicyclic amines) is 1. The third-order valence-electron chi connectivity index (χ3n) is 6.48. The zero-order valence-corrected chi connectivity index (χ0v) is 18.7. The quantitative estimate of drug-likeness (QED) is 0.577. The number of fused-ring (bicyclic) bond motifs is 1. The number of aromatic nitrogens is 1. The van der Waals surface area contributed by atoms with Crippen LogP contribution >= 0.6 is 0 Å². The highest BCUT2D eigenvalue weighted by molar-refractivity contribution is 5.52. The molecule has 3 heterocycles. The van der Waals surface area contributed by atoms with Crippen molar-refractivity contribution in [3.8, 4) is 5.75 Å². The fraction of sp³-hybridized carbons (Fsp3) is 0.560. The highest BCUT2D eigenvalue weighted by Gasteiger charge is 2.28. The minimum atomic E-state index is -0.119. The van der Waals surface area contributed by atoms with Crippen LogP contribution in [0.1, 0.15) is 55.5 Å². The molecular weight excluding hydrogens is 393 g/mol. The van der Waals surface area contributed by atoms with E-state index in [1.54, 1.807) is 0 Å². The Balaban J connectivity index is 1.13. The first-order chi connectivity index (χ1) is 15.1. The molecule has 1 saturated heterocycles. The summed E-state index contributed by atoms with van der Waals surface area (Å²) in [5.74, 6) is 1.61. The molecule has 1 N–H and O–H groups in total. The van der Waals surface area contributed by atoms with Crippen molar-refractivity contribution in [2.45, 2.75) is 58.1 Å². The van der Waals surface area contributed by atoms with Gasteiger partial charge in [0.05, 0.1) is 12.6 Å². The number of rotatable bonds is 9. The summed E-state index contributed by atoms with van der Waals surface area (Å²) in [6, 6.07) is 9.68.